The lowest BCUT2D eigenvalue weighted by Crippen LogP contribution is -2.40. The van der Waals surface area contributed by atoms with E-state index >= 15 is 0 Å². The molecular weight excluding hydrogens is 342 g/mol. The van der Waals surface area contributed by atoms with E-state index in [4.69, 9.17) is 9.47 Å². The van der Waals surface area contributed by atoms with Crippen LogP contribution in [-0.2, 0) is 10.2 Å². The number of hydrogen-bond donors (Lipinski definition) is 1. The fraction of sp³-hybridized carbons (Fsp3) is 0.450. The molecule has 2 aromatic heterocycles. The van der Waals surface area contributed by atoms with Gasteiger partial charge in [-0.1, -0.05) is 12.1 Å². The van der Waals surface area contributed by atoms with Crippen molar-refractivity contribution in [3.05, 3.63) is 47.9 Å². The van der Waals surface area contributed by atoms with Crippen LogP contribution in [0.5, 0.6) is 5.75 Å². The molecule has 4 rings (SSSR count). The number of hydrogen-bond acceptors (Lipinski definition) is 6. The quantitative estimate of drug-likeness (QED) is 0.722. The standard InChI is InChI=1S/C20H25N5O2/c1-3-27-17-6-4-16(5-7-17)20(8-10-26-11-9-20)13-21-18-12-15(2)24-19-22-14-23-25(18)19/h4-7,12,14,21H,3,8-11,13H2,1-2H3. The molecule has 1 saturated heterocycles. The van der Waals surface area contributed by atoms with Gasteiger partial charge in [-0.25, -0.2) is 4.98 Å². The molecule has 0 amide bonds. The van der Waals surface area contributed by atoms with Crippen molar-refractivity contribution in [2.45, 2.75) is 32.1 Å². The van der Waals surface area contributed by atoms with Crippen LogP contribution < -0.4 is 10.1 Å². The van der Waals surface area contributed by atoms with Gasteiger partial charge >= 0.3 is 0 Å². The van der Waals surface area contributed by atoms with Gasteiger partial charge in [-0.2, -0.15) is 14.6 Å². The zero-order chi connectivity index (χ0) is 18.7. The summed E-state index contributed by atoms with van der Waals surface area (Å²) < 4.78 is 13.0. The summed E-state index contributed by atoms with van der Waals surface area (Å²) in [5.74, 6) is 2.43. The molecule has 27 heavy (non-hydrogen) atoms. The summed E-state index contributed by atoms with van der Waals surface area (Å²) in [7, 11) is 0. The predicted octanol–water partition coefficient (Wildman–Crippen LogP) is 2.99. The van der Waals surface area contributed by atoms with Crippen molar-refractivity contribution < 1.29 is 9.47 Å². The van der Waals surface area contributed by atoms with Gasteiger partial charge in [0.15, 0.2) is 0 Å². The maximum absolute atomic E-state index is 5.65. The second kappa shape index (κ2) is 7.52. The predicted molar refractivity (Wildman–Crippen MR) is 103 cm³/mol. The first-order valence-electron chi connectivity index (χ1n) is 9.42. The average molecular weight is 367 g/mol. The van der Waals surface area contributed by atoms with E-state index < -0.39 is 0 Å². The highest BCUT2D eigenvalue weighted by Crippen LogP contribution is 2.36. The first kappa shape index (κ1) is 17.7. The third-order valence-corrected chi connectivity index (χ3v) is 5.22. The molecule has 7 heteroatoms. The molecule has 0 radical (unpaired) electrons. The van der Waals surface area contributed by atoms with Gasteiger partial charge in [0.1, 0.15) is 17.9 Å². The summed E-state index contributed by atoms with van der Waals surface area (Å²) in [5.41, 5.74) is 2.23. The minimum Gasteiger partial charge on any atom is -0.494 e. The molecule has 7 nitrogen and oxygen atoms in total. The van der Waals surface area contributed by atoms with Gasteiger partial charge < -0.3 is 14.8 Å². The highest BCUT2D eigenvalue weighted by Gasteiger charge is 2.34. The van der Waals surface area contributed by atoms with Crippen LogP contribution in [0.15, 0.2) is 36.7 Å². The van der Waals surface area contributed by atoms with E-state index in [1.807, 2.05) is 19.9 Å². The molecule has 0 spiro atoms. The van der Waals surface area contributed by atoms with Gasteiger partial charge in [0.25, 0.3) is 5.78 Å². The number of nitrogens with zero attached hydrogens (tertiary/aromatic N) is 4. The Morgan fingerprint density at radius 1 is 1.22 bits per heavy atom. The Kier molecular flexibility index (Phi) is 4.94. The van der Waals surface area contributed by atoms with Crippen LogP contribution in [-0.4, -0.2) is 45.9 Å². The van der Waals surface area contributed by atoms with Crippen LogP contribution in [0.4, 0.5) is 5.82 Å². The molecule has 0 unspecified atom stereocenters. The second-order valence-corrected chi connectivity index (χ2v) is 6.96. The van der Waals surface area contributed by atoms with Crippen LogP contribution >= 0.6 is 0 Å². The third-order valence-electron chi connectivity index (χ3n) is 5.22. The van der Waals surface area contributed by atoms with E-state index in [0.29, 0.717) is 12.4 Å². The number of aryl methyl sites for hydroxylation is 1. The zero-order valence-corrected chi connectivity index (χ0v) is 15.8. The van der Waals surface area contributed by atoms with Crippen LogP contribution in [0, 0.1) is 6.92 Å². The van der Waals surface area contributed by atoms with E-state index in [0.717, 1.165) is 49.9 Å². The Bertz CT molecular complexity index is 900. The Hall–Kier alpha value is -2.67. The number of ether oxygens (including phenoxy) is 2. The van der Waals surface area contributed by atoms with Crippen molar-refractivity contribution in [2.75, 3.05) is 31.7 Å². The van der Waals surface area contributed by atoms with Crippen molar-refractivity contribution >= 4 is 11.6 Å². The molecule has 1 aliphatic heterocycles. The Morgan fingerprint density at radius 3 is 2.74 bits per heavy atom. The summed E-state index contributed by atoms with van der Waals surface area (Å²) in [6.07, 6.45) is 3.47. The van der Waals surface area contributed by atoms with Crippen LogP contribution in [0.2, 0.25) is 0 Å². The smallest absolute Gasteiger partial charge is 0.254 e. The maximum Gasteiger partial charge on any atom is 0.254 e. The van der Waals surface area contributed by atoms with Gasteiger partial charge in [0.05, 0.1) is 6.61 Å². The van der Waals surface area contributed by atoms with E-state index in [1.165, 1.54) is 11.9 Å². The van der Waals surface area contributed by atoms with E-state index in [9.17, 15) is 0 Å². The lowest BCUT2D eigenvalue weighted by Gasteiger charge is -2.38. The van der Waals surface area contributed by atoms with Gasteiger partial charge in [-0.15, -0.1) is 0 Å². The molecule has 3 aromatic rings. The topological polar surface area (TPSA) is 73.6 Å². The number of benzene rings is 1. The summed E-state index contributed by atoms with van der Waals surface area (Å²) in [6.45, 7) is 6.97. The zero-order valence-electron chi connectivity index (χ0n) is 15.8. The number of fused-ring (bicyclic) bond motifs is 1. The molecule has 1 aliphatic rings. The summed E-state index contributed by atoms with van der Waals surface area (Å²) in [5, 5.41) is 7.89. The number of rotatable bonds is 6. The van der Waals surface area contributed by atoms with Gasteiger partial charge in [-0.05, 0) is 44.4 Å². The minimum absolute atomic E-state index is 0.00702. The van der Waals surface area contributed by atoms with Crippen molar-refractivity contribution in [3.63, 3.8) is 0 Å². The van der Waals surface area contributed by atoms with E-state index in [-0.39, 0.29) is 5.41 Å². The van der Waals surface area contributed by atoms with Crippen molar-refractivity contribution in [1.29, 1.82) is 0 Å². The van der Waals surface area contributed by atoms with Crippen LogP contribution in [0.3, 0.4) is 0 Å². The average Bonchev–Trinajstić information content (AvgIpc) is 3.16. The Labute approximate surface area is 158 Å². The molecule has 3 heterocycles. The number of anilines is 1. The summed E-state index contributed by atoms with van der Waals surface area (Å²) in [4.78, 5) is 8.61. The SMILES string of the molecule is CCOc1ccc(C2(CNc3cc(C)nc4ncnn34)CCOCC2)cc1. The number of aromatic nitrogens is 4. The van der Waals surface area contributed by atoms with Crippen molar-refractivity contribution in [3.8, 4) is 5.75 Å². The minimum atomic E-state index is 0.00702. The Balaban J connectivity index is 1.61. The van der Waals surface area contributed by atoms with Gasteiger partial charge in [0.2, 0.25) is 0 Å². The molecule has 1 aromatic carbocycles. The maximum atomic E-state index is 5.65. The molecule has 0 bridgehead atoms. The Morgan fingerprint density at radius 2 is 2.00 bits per heavy atom. The normalized spacial score (nSPS) is 16.4. The highest BCUT2D eigenvalue weighted by atomic mass is 16.5. The first-order chi connectivity index (χ1) is 13.2. The lowest BCUT2D eigenvalue weighted by molar-refractivity contribution is 0.0543. The molecule has 1 N–H and O–H groups in total. The van der Waals surface area contributed by atoms with E-state index in [1.54, 1.807) is 4.52 Å². The third kappa shape index (κ3) is 3.60. The fourth-order valence-electron chi connectivity index (χ4n) is 3.72. The first-order valence-corrected chi connectivity index (χ1v) is 9.42. The molecule has 0 saturated carbocycles. The van der Waals surface area contributed by atoms with Crippen LogP contribution in [0.25, 0.3) is 5.78 Å². The summed E-state index contributed by atoms with van der Waals surface area (Å²) >= 11 is 0. The summed E-state index contributed by atoms with van der Waals surface area (Å²) in [6, 6.07) is 10.5. The van der Waals surface area contributed by atoms with Crippen LogP contribution in [0.1, 0.15) is 31.0 Å². The number of nitrogens with one attached hydrogen (secondary N) is 1. The molecule has 0 aliphatic carbocycles. The van der Waals surface area contributed by atoms with Gasteiger partial charge in [-0.3, -0.25) is 0 Å². The van der Waals surface area contributed by atoms with Crippen molar-refractivity contribution in [1.82, 2.24) is 19.6 Å². The highest BCUT2D eigenvalue weighted by molar-refractivity contribution is 5.46. The fourth-order valence-corrected chi connectivity index (χ4v) is 3.72. The molecular formula is C20H25N5O2. The lowest BCUT2D eigenvalue weighted by atomic mass is 9.74. The molecule has 1 fully saturated rings. The largest absolute Gasteiger partial charge is 0.494 e. The van der Waals surface area contributed by atoms with Gasteiger partial charge in [0, 0.05) is 36.9 Å². The monoisotopic (exact) mass is 367 g/mol. The molecule has 142 valence electrons. The van der Waals surface area contributed by atoms with E-state index in [2.05, 4.69) is 44.6 Å². The second-order valence-electron chi connectivity index (χ2n) is 6.96. The molecule has 0 atom stereocenters. The van der Waals surface area contributed by atoms with Crippen molar-refractivity contribution in [2.24, 2.45) is 0 Å².